The van der Waals surface area contributed by atoms with Gasteiger partial charge in [0.25, 0.3) is 0 Å². The Balaban J connectivity index is 1.77. The Hall–Kier alpha value is -1.24. The van der Waals surface area contributed by atoms with Crippen molar-refractivity contribution in [1.29, 1.82) is 0 Å². The number of fused-ring (bicyclic) bond motifs is 1. The minimum Gasteiger partial charge on any atom is -0.359 e. The van der Waals surface area contributed by atoms with Gasteiger partial charge in [-0.15, -0.1) is 0 Å². The van der Waals surface area contributed by atoms with Crippen LogP contribution in [0.5, 0.6) is 0 Å². The molecule has 0 unspecified atom stereocenters. The van der Waals surface area contributed by atoms with E-state index >= 15 is 0 Å². The van der Waals surface area contributed by atoms with Crippen LogP contribution in [0.2, 0.25) is 0 Å². The van der Waals surface area contributed by atoms with Crippen molar-refractivity contribution in [3.05, 3.63) is 28.2 Å². The molecular weight excluding hydrogens is 349 g/mol. The molecular formula is C14H14BrF3N2O. The van der Waals surface area contributed by atoms with Crippen molar-refractivity contribution in [1.82, 2.24) is 4.90 Å². The van der Waals surface area contributed by atoms with E-state index in [2.05, 4.69) is 15.9 Å². The molecule has 3 nitrogen and oxygen atoms in total. The molecule has 0 bridgehead atoms. The summed E-state index contributed by atoms with van der Waals surface area (Å²) in [6, 6.07) is 5.35. The molecule has 1 fully saturated rings. The quantitative estimate of drug-likeness (QED) is 0.807. The Morgan fingerprint density at radius 3 is 2.76 bits per heavy atom. The van der Waals surface area contributed by atoms with Crippen molar-refractivity contribution in [3.8, 4) is 0 Å². The van der Waals surface area contributed by atoms with E-state index in [0.717, 1.165) is 27.0 Å². The van der Waals surface area contributed by atoms with Crippen molar-refractivity contribution < 1.29 is 18.0 Å². The van der Waals surface area contributed by atoms with Gasteiger partial charge in [0, 0.05) is 23.2 Å². The molecule has 0 aromatic heterocycles. The van der Waals surface area contributed by atoms with E-state index in [1.54, 1.807) is 0 Å². The Kier molecular flexibility index (Phi) is 3.63. The average Bonchev–Trinajstić information content (AvgIpc) is 2.92. The van der Waals surface area contributed by atoms with E-state index in [9.17, 15) is 18.0 Å². The van der Waals surface area contributed by atoms with Crippen molar-refractivity contribution in [2.24, 2.45) is 0 Å². The molecule has 1 aromatic carbocycles. The molecule has 1 saturated heterocycles. The molecule has 0 spiro atoms. The normalized spacial score (nSPS) is 22.1. The summed E-state index contributed by atoms with van der Waals surface area (Å²) < 4.78 is 38.3. The van der Waals surface area contributed by atoms with Gasteiger partial charge in [-0.05, 0) is 36.6 Å². The third-order valence-electron chi connectivity index (χ3n) is 3.99. The molecule has 2 aliphatic rings. The van der Waals surface area contributed by atoms with E-state index in [1.807, 2.05) is 23.1 Å². The Morgan fingerprint density at radius 1 is 1.29 bits per heavy atom. The molecule has 0 aliphatic carbocycles. The lowest BCUT2D eigenvalue weighted by molar-refractivity contribution is -0.157. The van der Waals surface area contributed by atoms with E-state index in [1.165, 1.54) is 0 Å². The monoisotopic (exact) mass is 362 g/mol. The van der Waals surface area contributed by atoms with E-state index < -0.39 is 24.7 Å². The average molecular weight is 363 g/mol. The molecule has 0 N–H and O–H groups in total. The minimum absolute atomic E-state index is 0.172. The van der Waals surface area contributed by atoms with Crippen LogP contribution in [0.15, 0.2) is 22.7 Å². The first kappa shape index (κ1) is 14.7. The second-order valence-electron chi connectivity index (χ2n) is 5.40. The highest BCUT2D eigenvalue weighted by Crippen LogP contribution is 2.35. The summed E-state index contributed by atoms with van der Waals surface area (Å²) in [5.74, 6) is -0.414. The van der Waals surface area contributed by atoms with Crippen molar-refractivity contribution >= 4 is 27.5 Å². The lowest BCUT2D eigenvalue weighted by atomic mass is 10.1. The number of hydrogen-bond donors (Lipinski definition) is 0. The van der Waals surface area contributed by atoms with Gasteiger partial charge in [0.1, 0.15) is 12.6 Å². The van der Waals surface area contributed by atoms with Gasteiger partial charge in [-0.2, -0.15) is 13.2 Å². The minimum atomic E-state index is -4.33. The third-order valence-corrected chi connectivity index (χ3v) is 4.48. The molecule has 21 heavy (non-hydrogen) atoms. The molecule has 7 heteroatoms. The van der Waals surface area contributed by atoms with Crippen molar-refractivity contribution in [3.63, 3.8) is 0 Å². The van der Waals surface area contributed by atoms with Crippen LogP contribution in [-0.4, -0.2) is 42.7 Å². The molecule has 114 valence electrons. The second-order valence-corrected chi connectivity index (χ2v) is 6.31. The first-order valence-corrected chi connectivity index (χ1v) is 7.55. The number of anilines is 1. The first-order valence-electron chi connectivity index (χ1n) is 6.76. The van der Waals surface area contributed by atoms with Crippen LogP contribution < -0.4 is 4.90 Å². The van der Waals surface area contributed by atoms with E-state index in [-0.39, 0.29) is 6.54 Å². The summed E-state index contributed by atoms with van der Waals surface area (Å²) in [4.78, 5) is 15.1. The van der Waals surface area contributed by atoms with Crippen LogP contribution in [0.25, 0.3) is 0 Å². The second kappa shape index (κ2) is 5.19. The lowest BCUT2D eigenvalue weighted by Crippen LogP contribution is -2.43. The summed E-state index contributed by atoms with van der Waals surface area (Å²) in [6.07, 6.45) is -3.07. The summed E-state index contributed by atoms with van der Waals surface area (Å²) >= 11 is 3.40. The zero-order valence-electron chi connectivity index (χ0n) is 11.2. The molecule has 0 radical (unpaired) electrons. The van der Waals surface area contributed by atoms with Gasteiger partial charge in [0.05, 0.1) is 0 Å². The van der Waals surface area contributed by atoms with Gasteiger partial charge in [0.15, 0.2) is 0 Å². The van der Waals surface area contributed by atoms with E-state index in [0.29, 0.717) is 13.0 Å². The summed E-state index contributed by atoms with van der Waals surface area (Å²) in [5, 5.41) is 0. The van der Waals surface area contributed by atoms with Crippen LogP contribution in [0.4, 0.5) is 18.9 Å². The van der Waals surface area contributed by atoms with Gasteiger partial charge in [-0.25, -0.2) is 0 Å². The topological polar surface area (TPSA) is 23.6 Å². The van der Waals surface area contributed by atoms with E-state index in [4.69, 9.17) is 0 Å². The van der Waals surface area contributed by atoms with Crippen LogP contribution in [0.1, 0.15) is 12.0 Å². The number of rotatable bonds is 2. The first-order chi connectivity index (χ1) is 9.85. The van der Waals surface area contributed by atoms with Crippen molar-refractivity contribution in [2.45, 2.75) is 25.1 Å². The summed E-state index contributed by atoms with van der Waals surface area (Å²) in [7, 11) is 0. The highest BCUT2D eigenvalue weighted by atomic mass is 79.9. The molecule has 1 aromatic rings. The Labute approximate surface area is 128 Å². The zero-order valence-corrected chi connectivity index (χ0v) is 12.7. The number of hydrogen-bond acceptors (Lipinski definition) is 2. The molecule has 1 atom stereocenters. The zero-order chi connectivity index (χ0) is 15.2. The SMILES string of the molecule is O=C1[C@@H](N2CCc3cc(Br)ccc32)CCN1CC(F)(F)F. The standard InChI is InChI=1S/C14H14BrF3N2O/c15-10-1-2-11-9(7-10)3-6-20(11)12-4-5-19(13(12)21)8-14(16,17)18/h1-2,7,12H,3-6,8H2/t12-/m0/s1. The fourth-order valence-corrected chi connectivity index (χ4v) is 3.51. The lowest BCUT2D eigenvalue weighted by Gasteiger charge is -2.26. The van der Waals surface area contributed by atoms with Gasteiger partial charge >= 0.3 is 6.18 Å². The number of amides is 1. The largest absolute Gasteiger partial charge is 0.406 e. The number of halogens is 4. The summed E-state index contributed by atoms with van der Waals surface area (Å²) in [5.41, 5.74) is 2.09. The van der Waals surface area contributed by atoms with Crippen LogP contribution in [-0.2, 0) is 11.2 Å². The third kappa shape index (κ3) is 2.88. The van der Waals surface area contributed by atoms with Gasteiger partial charge in [0.2, 0.25) is 5.91 Å². The molecule has 0 saturated carbocycles. The highest BCUT2D eigenvalue weighted by Gasteiger charge is 2.42. The maximum Gasteiger partial charge on any atom is 0.406 e. The van der Waals surface area contributed by atoms with Gasteiger partial charge in [-0.3, -0.25) is 4.79 Å². The number of alkyl halides is 3. The van der Waals surface area contributed by atoms with Crippen LogP contribution in [0, 0.1) is 0 Å². The molecule has 1 amide bonds. The fraction of sp³-hybridized carbons (Fsp3) is 0.500. The smallest absolute Gasteiger partial charge is 0.359 e. The summed E-state index contributed by atoms with van der Waals surface area (Å²) in [6.45, 7) is -0.295. The Bertz CT molecular complexity index is 576. The highest BCUT2D eigenvalue weighted by molar-refractivity contribution is 9.10. The molecule has 2 heterocycles. The number of likely N-dealkylation sites (tertiary alicyclic amines) is 1. The Morgan fingerprint density at radius 2 is 2.05 bits per heavy atom. The van der Waals surface area contributed by atoms with Crippen molar-refractivity contribution in [2.75, 3.05) is 24.5 Å². The maximum absolute atomic E-state index is 12.5. The predicted molar refractivity (Wildman–Crippen MR) is 76.2 cm³/mol. The number of benzene rings is 1. The molecule has 2 aliphatic heterocycles. The molecule has 3 rings (SSSR count). The number of carbonyl (C=O) groups is 1. The van der Waals surface area contributed by atoms with Gasteiger partial charge < -0.3 is 9.80 Å². The fourth-order valence-electron chi connectivity index (χ4n) is 3.10. The van der Waals surface area contributed by atoms with Gasteiger partial charge in [-0.1, -0.05) is 15.9 Å². The van der Waals surface area contributed by atoms with Crippen LogP contribution in [0.3, 0.4) is 0 Å². The number of nitrogens with zero attached hydrogens (tertiary/aromatic N) is 2. The number of carbonyl (C=O) groups excluding carboxylic acids is 1. The maximum atomic E-state index is 12.5. The van der Waals surface area contributed by atoms with Crippen LogP contribution >= 0.6 is 15.9 Å². The predicted octanol–water partition coefficient (Wildman–Crippen LogP) is 2.97.